The lowest BCUT2D eigenvalue weighted by Crippen LogP contribution is -2.41. The third kappa shape index (κ3) is 3.58. The average molecular weight is 369 g/mol. The highest BCUT2D eigenvalue weighted by Crippen LogP contribution is 2.42. The van der Waals surface area contributed by atoms with E-state index < -0.39 is 0 Å². The summed E-state index contributed by atoms with van der Waals surface area (Å²) in [6.45, 7) is 0.569. The van der Waals surface area contributed by atoms with Gasteiger partial charge >= 0.3 is 0 Å². The molecule has 0 spiro atoms. The van der Waals surface area contributed by atoms with Crippen molar-refractivity contribution in [3.63, 3.8) is 0 Å². The van der Waals surface area contributed by atoms with E-state index in [0.29, 0.717) is 12.4 Å². The fourth-order valence-corrected chi connectivity index (χ4v) is 3.72. The number of nitrogens with zero attached hydrogens (tertiary/aromatic N) is 2. The summed E-state index contributed by atoms with van der Waals surface area (Å²) < 4.78 is 1.52. The zero-order valence-corrected chi connectivity index (χ0v) is 14.9. The van der Waals surface area contributed by atoms with Gasteiger partial charge in [0.2, 0.25) is 0 Å². The molecule has 3 rings (SSSR count). The van der Waals surface area contributed by atoms with Gasteiger partial charge in [-0.2, -0.15) is 5.10 Å². The van der Waals surface area contributed by atoms with E-state index in [2.05, 4.69) is 11.2 Å². The lowest BCUT2D eigenvalue weighted by atomic mass is 9.68. The van der Waals surface area contributed by atoms with Gasteiger partial charge in [-0.1, -0.05) is 23.7 Å². The molecule has 1 aromatic heterocycles. The number of rotatable bonds is 3. The van der Waals surface area contributed by atoms with E-state index >= 15 is 0 Å². The predicted molar refractivity (Wildman–Crippen MR) is 99.8 cm³/mol. The molecular formula is C17H22Cl2N4O. The molecule has 0 atom stereocenters. The summed E-state index contributed by atoms with van der Waals surface area (Å²) in [5.74, 6) is 0.370. The molecule has 5 nitrogen and oxygen atoms in total. The number of aromatic nitrogens is 2. The van der Waals surface area contributed by atoms with Crippen LogP contribution < -0.4 is 17.0 Å². The lowest BCUT2D eigenvalue weighted by molar-refractivity contribution is 0.222. The van der Waals surface area contributed by atoms with Gasteiger partial charge in [-0.25, -0.2) is 4.68 Å². The number of hydrogen-bond acceptors (Lipinski definition) is 4. The maximum absolute atomic E-state index is 12.0. The lowest BCUT2D eigenvalue weighted by Gasteiger charge is -2.40. The predicted octanol–water partition coefficient (Wildman–Crippen LogP) is 2.91. The number of hydrogen-bond donors (Lipinski definition) is 2. The van der Waals surface area contributed by atoms with E-state index in [0.717, 1.165) is 30.7 Å². The maximum Gasteiger partial charge on any atom is 0.267 e. The minimum Gasteiger partial charge on any atom is -0.382 e. The van der Waals surface area contributed by atoms with Crippen molar-refractivity contribution < 1.29 is 0 Å². The molecule has 0 unspecified atom stereocenters. The molecule has 0 amide bonds. The molecular weight excluding hydrogens is 347 g/mol. The van der Waals surface area contributed by atoms with Crippen molar-refractivity contribution in [3.05, 3.63) is 57.3 Å². The SMILES string of the molecule is Cl.NC[C@]1(c2cccc(Cl)c2)CC[C@H](n2nc(N)ccc2=O)CC1. The first-order chi connectivity index (χ1) is 11.0. The third-order valence-corrected chi connectivity index (χ3v) is 5.17. The summed E-state index contributed by atoms with van der Waals surface area (Å²) in [7, 11) is 0. The molecule has 1 aliphatic rings. The van der Waals surface area contributed by atoms with E-state index in [1.807, 2.05) is 18.2 Å². The monoisotopic (exact) mass is 368 g/mol. The quantitative estimate of drug-likeness (QED) is 0.871. The van der Waals surface area contributed by atoms with Gasteiger partial charge in [-0.3, -0.25) is 4.79 Å². The highest BCUT2D eigenvalue weighted by atomic mass is 35.5. The van der Waals surface area contributed by atoms with Gasteiger partial charge in [-0.15, -0.1) is 12.4 Å². The maximum atomic E-state index is 12.0. The van der Waals surface area contributed by atoms with Crippen LogP contribution in [0.25, 0.3) is 0 Å². The molecule has 24 heavy (non-hydrogen) atoms. The molecule has 1 aliphatic carbocycles. The fraction of sp³-hybridized carbons (Fsp3) is 0.412. The van der Waals surface area contributed by atoms with Crippen LogP contribution in [0.4, 0.5) is 5.82 Å². The van der Waals surface area contributed by atoms with E-state index in [4.69, 9.17) is 23.1 Å². The van der Waals surface area contributed by atoms with Crippen LogP contribution in [0.1, 0.15) is 37.3 Å². The summed E-state index contributed by atoms with van der Waals surface area (Å²) in [4.78, 5) is 12.0. The fourth-order valence-electron chi connectivity index (χ4n) is 3.53. The van der Waals surface area contributed by atoms with Crippen LogP contribution in [0.3, 0.4) is 0 Å². The molecule has 2 aromatic rings. The van der Waals surface area contributed by atoms with Gasteiger partial charge in [0.15, 0.2) is 0 Å². The van der Waals surface area contributed by atoms with E-state index in [-0.39, 0.29) is 29.4 Å². The molecule has 4 N–H and O–H groups in total. The topological polar surface area (TPSA) is 86.9 Å². The van der Waals surface area contributed by atoms with Crippen LogP contribution in [0.5, 0.6) is 0 Å². The summed E-state index contributed by atoms with van der Waals surface area (Å²) in [6.07, 6.45) is 3.50. The highest BCUT2D eigenvalue weighted by molar-refractivity contribution is 6.30. The molecule has 1 aromatic carbocycles. The summed E-state index contributed by atoms with van der Waals surface area (Å²) >= 11 is 6.14. The molecule has 0 bridgehead atoms. The van der Waals surface area contributed by atoms with Gasteiger partial charge in [0.25, 0.3) is 5.56 Å². The van der Waals surface area contributed by atoms with Crippen LogP contribution in [0.2, 0.25) is 5.02 Å². The molecule has 130 valence electrons. The first kappa shape index (κ1) is 18.8. The zero-order chi connectivity index (χ0) is 16.4. The number of nitrogen functional groups attached to an aromatic ring is 1. The number of benzene rings is 1. The Balaban J connectivity index is 0.00000208. The Hall–Kier alpha value is -1.56. The van der Waals surface area contributed by atoms with Crippen LogP contribution in [-0.4, -0.2) is 16.3 Å². The van der Waals surface area contributed by atoms with Crippen molar-refractivity contribution in [2.45, 2.75) is 37.1 Å². The Bertz CT molecular complexity index is 754. The zero-order valence-electron chi connectivity index (χ0n) is 13.3. The van der Waals surface area contributed by atoms with Crippen molar-refractivity contribution in [2.75, 3.05) is 12.3 Å². The largest absolute Gasteiger partial charge is 0.382 e. The average Bonchev–Trinajstić information content (AvgIpc) is 2.57. The Morgan fingerprint density at radius 2 is 1.96 bits per heavy atom. The number of anilines is 1. The summed E-state index contributed by atoms with van der Waals surface area (Å²) in [5, 5.41) is 4.91. The van der Waals surface area contributed by atoms with Crippen molar-refractivity contribution in [3.8, 4) is 0 Å². The third-order valence-electron chi connectivity index (χ3n) is 4.93. The van der Waals surface area contributed by atoms with Gasteiger partial charge in [0.05, 0.1) is 6.04 Å². The second-order valence-corrected chi connectivity index (χ2v) is 6.70. The normalized spacial score (nSPS) is 23.5. The smallest absolute Gasteiger partial charge is 0.267 e. The first-order valence-electron chi connectivity index (χ1n) is 7.85. The van der Waals surface area contributed by atoms with Crippen molar-refractivity contribution in [2.24, 2.45) is 5.73 Å². The minimum atomic E-state index is -0.104. The van der Waals surface area contributed by atoms with Gasteiger partial charge < -0.3 is 11.5 Å². The molecule has 1 saturated carbocycles. The number of halogens is 2. The Morgan fingerprint density at radius 3 is 2.58 bits per heavy atom. The van der Waals surface area contributed by atoms with E-state index in [9.17, 15) is 4.79 Å². The van der Waals surface area contributed by atoms with Crippen LogP contribution in [-0.2, 0) is 5.41 Å². The molecule has 0 saturated heterocycles. The minimum absolute atomic E-state index is 0. The van der Waals surface area contributed by atoms with Gasteiger partial charge in [0, 0.05) is 23.0 Å². The van der Waals surface area contributed by atoms with Crippen molar-refractivity contribution in [1.29, 1.82) is 0 Å². The highest BCUT2D eigenvalue weighted by Gasteiger charge is 2.36. The van der Waals surface area contributed by atoms with Gasteiger partial charge in [0.1, 0.15) is 5.82 Å². The number of nitrogens with two attached hydrogens (primary N) is 2. The van der Waals surface area contributed by atoms with E-state index in [1.54, 1.807) is 0 Å². The molecule has 0 radical (unpaired) electrons. The first-order valence-corrected chi connectivity index (χ1v) is 8.23. The Labute approximate surface area is 152 Å². The second-order valence-electron chi connectivity index (χ2n) is 6.27. The standard InChI is InChI=1S/C17H21ClN4O.ClH/c18-13-3-1-2-12(10-13)17(11-19)8-6-14(7-9-17)22-16(23)5-4-15(20)21-22;/h1-5,10,14H,6-9,11,19H2,(H2,20,21);1H/t14-,17-;. The van der Waals surface area contributed by atoms with Crippen LogP contribution in [0.15, 0.2) is 41.2 Å². The molecule has 1 fully saturated rings. The van der Waals surface area contributed by atoms with Crippen LogP contribution >= 0.6 is 24.0 Å². The Morgan fingerprint density at radius 1 is 1.25 bits per heavy atom. The van der Waals surface area contributed by atoms with E-state index in [1.165, 1.54) is 22.4 Å². The Kier molecular flexibility index (Phi) is 5.91. The van der Waals surface area contributed by atoms with Gasteiger partial charge in [-0.05, 0) is 49.4 Å². The summed E-state index contributed by atoms with van der Waals surface area (Å²) in [5.41, 5.74) is 12.8. The second kappa shape index (κ2) is 7.55. The molecule has 0 aliphatic heterocycles. The summed E-state index contributed by atoms with van der Waals surface area (Å²) in [6, 6.07) is 11.0. The molecule has 1 heterocycles. The van der Waals surface area contributed by atoms with Crippen molar-refractivity contribution in [1.82, 2.24) is 9.78 Å². The van der Waals surface area contributed by atoms with Crippen molar-refractivity contribution >= 4 is 29.8 Å². The van der Waals surface area contributed by atoms with Crippen LogP contribution in [0, 0.1) is 0 Å². The molecule has 7 heteroatoms.